The van der Waals surface area contributed by atoms with E-state index in [1.54, 1.807) is 13.8 Å². The second-order valence-electron chi connectivity index (χ2n) is 3.09. The van der Waals surface area contributed by atoms with Crippen molar-refractivity contribution in [1.29, 1.82) is 5.26 Å². The van der Waals surface area contributed by atoms with Crippen molar-refractivity contribution in [1.82, 2.24) is 0 Å². The average molecular weight is 185 g/mol. The third-order valence-corrected chi connectivity index (χ3v) is 2.49. The number of hydrogen-bond donors (Lipinski definition) is 2. The Kier molecular flexibility index (Phi) is 4.43. The van der Waals surface area contributed by atoms with E-state index < -0.39 is 17.5 Å². The summed E-state index contributed by atoms with van der Waals surface area (Å²) in [4.78, 5) is 10.3. The third kappa shape index (κ3) is 2.71. The molecule has 4 nitrogen and oxygen atoms in total. The van der Waals surface area contributed by atoms with E-state index in [4.69, 9.17) is 10.4 Å². The van der Waals surface area contributed by atoms with Gasteiger partial charge in [-0.05, 0) is 12.8 Å². The molecule has 0 saturated carbocycles. The summed E-state index contributed by atoms with van der Waals surface area (Å²) in [6, 6.07) is 2.01. The Labute approximate surface area is 77.8 Å². The molecule has 0 aliphatic heterocycles. The maximum Gasteiger partial charge on any atom is 0.306 e. The van der Waals surface area contributed by atoms with Crippen LogP contribution in [0.2, 0.25) is 0 Å². The first kappa shape index (κ1) is 11.9. The summed E-state index contributed by atoms with van der Waals surface area (Å²) in [5, 5.41) is 26.8. The summed E-state index contributed by atoms with van der Waals surface area (Å²) in [7, 11) is 0. The number of nitrogens with zero attached hydrogens (tertiary/aromatic N) is 1. The Bertz CT molecular complexity index is 215. The Hall–Kier alpha value is -1.08. The molecule has 0 amide bonds. The van der Waals surface area contributed by atoms with Crippen LogP contribution in [0.25, 0.3) is 0 Å². The number of aliphatic hydroxyl groups excluding tert-OH is 1. The zero-order chi connectivity index (χ0) is 10.5. The molecule has 13 heavy (non-hydrogen) atoms. The summed E-state index contributed by atoms with van der Waals surface area (Å²) in [5.74, 6) is -1.07. The van der Waals surface area contributed by atoms with E-state index >= 15 is 0 Å². The number of hydrogen-bond acceptors (Lipinski definition) is 3. The van der Waals surface area contributed by atoms with Crippen LogP contribution in [0.1, 0.15) is 33.1 Å². The molecule has 4 heteroatoms. The number of nitriles is 1. The van der Waals surface area contributed by atoms with Crippen molar-refractivity contribution >= 4 is 5.97 Å². The summed E-state index contributed by atoms with van der Waals surface area (Å²) in [6.45, 7) is 3.55. The fraction of sp³-hybridized carbons (Fsp3) is 0.778. The highest BCUT2D eigenvalue weighted by Crippen LogP contribution is 2.31. The quantitative estimate of drug-likeness (QED) is 0.673. The molecule has 2 N–H and O–H groups in total. The highest BCUT2D eigenvalue weighted by Gasteiger charge is 2.35. The highest BCUT2D eigenvalue weighted by atomic mass is 16.4. The lowest BCUT2D eigenvalue weighted by Gasteiger charge is -2.28. The van der Waals surface area contributed by atoms with E-state index in [0.717, 1.165) is 0 Å². The van der Waals surface area contributed by atoms with Crippen LogP contribution in [0.15, 0.2) is 0 Å². The van der Waals surface area contributed by atoms with E-state index in [0.29, 0.717) is 12.8 Å². The minimum absolute atomic E-state index is 0.366. The van der Waals surface area contributed by atoms with Gasteiger partial charge in [-0.2, -0.15) is 5.26 Å². The van der Waals surface area contributed by atoms with E-state index in [-0.39, 0.29) is 6.42 Å². The maximum atomic E-state index is 10.3. The molecule has 74 valence electrons. The highest BCUT2D eigenvalue weighted by molar-refractivity contribution is 5.67. The van der Waals surface area contributed by atoms with Crippen molar-refractivity contribution < 1.29 is 15.0 Å². The van der Waals surface area contributed by atoms with Crippen molar-refractivity contribution in [3.63, 3.8) is 0 Å². The van der Waals surface area contributed by atoms with Gasteiger partial charge in [0.2, 0.25) is 0 Å². The van der Waals surface area contributed by atoms with Crippen LogP contribution in [-0.2, 0) is 4.79 Å². The van der Waals surface area contributed by atoms with Gasteiger partial charge in [0, 0.05) is 0 Å². The molecular formula is C9H15NO3. The number of aliphatic carboxylic acids is 1. The lowest BCUT2D eigenvalue weighted by Crippen LogP contribution is -2.34. The van der Waals surface area contributed by atoms with Crippen molar-refractivity contribution in [3.05, 3.63) is 0 Å². The van der Waals surface area contributed by atoms with E-state index in [2.05, 4.69) is 0 Å². The zero-order valence-electron chi connectivity index (χ0n) is 7.95. The molecule has 0 bridgehead atoms. The predicted octanol–water partition coefficient (Wildman–Crippen LogP) is 1.15. The molecule has 0 saturated heterocycles. The molecule has 0 fully saturated rings. The molecule has 0 heterocycles. The van der Waals surface area contributed by atoms with Crippen LogP contribution in [0, 0.1) is 16.7 Å². The number of carboxylic acids is 1. The van der Waals surface area contributed by atoms with Gasteiger partial charge in [-0.3, -0.25) is 4.79 Å². The average Bonchev–Trinajstić information content (AvgIpc) is 2.07. The molecule has 0 aliphatic rings. The molecule has 1 unspecified atom stereocenters. The zero-order valence-corrected chi connectivity index (χ0v) is 7.95. The van der Waals surface area contributed by atoms with Gasteiger partial charge in [-0.1, -0.05) is 13.8 Å². The first-order chi connectivity index (χ1) is 6.02. The summed E-state index contributed by atoms with van der Waals surface area (Å²) >= 11 is 0. The second kappa shape index (κ2) is 4.83. The number of rotatable bonds is 5. The predicted molar refractivity (Wildman–Crippen MR) is 46.9 cm³/mol. The van der Waals surface area contributed by atoms with Crippen molar-refractivity contribution in [2.24, 2.45) is 5.41 Å². The summed E-state index contributed by atoms with van der Waals surface area (Å²) < 4.78 is 0. The maximum absolute atomic E-state index is 10.3. The van der Waals surface area contributed by atoms with Crippen LogP contribution in [0.4, 0.5) is 0 Å². The van der Waals surface area contributed by atoms with Gasteiger partial charge in [0.25, 0.3) is 0 Å². The topological polar surface area (TPSA) is 81.3 Å². The molecule has 1 atom stereocenters. The van der Waals surface area contributed by atoms with Crippen molar-refractivity contribution in [2.75, 3.05) is 0 Å². The molecule has 0 rings (SSSR count). The van der Waals surface area contributed by atoms with Crippen LogP contribution >= 0.6 is 0 Å². The van der Waals surface area contributed by atoms with Crippen LogP contribution in [0.5, 0.6) is 0 Å². The van der Waals surface area contributed by atoms with Gasteiger partial charge in [-0.15, -0.1) is 0 Å². The first-order valence-corrected chi connectivity index (χ1v) is 4.33. The Morgan fingerprint density at radius 2 is 2.00 bits per heavy atom. The lowest BCUT2D eigenvalue weighted by atomic mass is 9.77. The Morgan fingerprint density at radius 1 is 1.54 bits per heavy atom. The molecule has 0 spiro atoms. The molecule has 0 aromatic heterocycles. The molecule has 0 aliphatic carbocycles. The van der Waals surface area contributed by atoms with Gasteiger partial charge in [0.1, 0.15) is 0 Å². The molecule has 0 aromatic carbocycles. The van der Waals surface area contributed by atoms with E-state index in [1.807, 2.05) is 6.07 Å². The summed E-state index contributed by atoms with van der Waals surface area (Å²) in [6.07, 6.45) is -0.511. The molecular weight excluding hydrogens is 170 g/mol. The molecule has 0 aromatic rings. The minimum atomic E-state index is -1.08. The van der Waals surface area contributed by atoms with Gasteiger partial charge < -0.3 is 10.2 Å². The van der Waals surface area contributed by atoms with Gasteiger partial charge in [0.15, 0.2) is 0 Å². The van der Waals surface area contributed by atoms with Gasteiger partial charge in [0.05, 0.1) is 24.0 Å². The van der Waals surface area contributed by atoms with Gasteiger partial charge in [-0.25, -0.2) is 0 Å². The van der Waals surface area contributed by atoms with Gasteiger partial charge >= 0.3 is 5.97 Å². The van der Waals surface area contributed by atoms with Crippen LogP contribution in [-0.4, -0.2) is 22.3 Å². The monoisotopic (exact) mass is 185 g/mol. The Morgan fingerprint density at radius 3 is 2.23 bits per heavy atom. The SMILES string of the molecule is CCC(C#N)(CC)C(O)CC(=O)O. The van der Waals surface area contributed by atoms with Crippen LogP contribution < -0.4 is 0 Å². The smallest absolute Gasteiger partial charge is 0.306 e. The van der Waals surface area contributed by atoms with E-state index in [1.165, 1.54) is 0 Å². The van der Waals surface area contributed by atoms with Crippen molar-refractivity contribution in [2.45, 2.75) is 39.2 Å². The standard InChI is InChI=1S/C9H15NO3/c1-3-9(4-2,6-10)7(11)5-8(12)13/h7,11H,3-5H2,1-2H3,(H,12,13). The minimum Gasteiger partial charge on any atom is -0.481 e. The fourth-order valence-electron chi connectivity index (χ4n) is 1.31. The number of carboxylic acid groups (broad SMARTS) is 1. The van der Waals surface area contributed by atoms with Crippen molar-refractivity contribution in [3.8, 4) is 6.07 Å². The Balaban J connectivity index is 4.55. The number of carbonyl (C=O) groups is 1. The van der Waals surface area contributed by atoms with Crippen LogP contribution in [0.3, 0.4) is 0 Å². The second-order valence-corrected chi connectivity index (χ2v) is 3.09. The third-order valence-electron chi connectivity index (χ3n) is 2.49. The molecule has 0 radical (unpaired) electrons. The first-order valence-electron chi connectivity index (χ1n) is 4.33. The van der Waals surface area contributed by atoms with E-state index in [9.17, 15) is 9.90 Å². The lowest BCUT2D eigenvalue weighted by molar-refractivity contribution is -0.140. The summed E-state index contributed by atoms with van der Waals surface area (Å²) in [5.41, 5.74) is -0.904. The number of aliphatic hydroxyl groups is 1. The normalized spacial score (nSPS) is 13.4. The fourth-order valence-corrected chi connectivity index (χ4v) is 1.31. The largest absolute Gasteiger partial charge is 0.481 e.